The average molecular weight is 725 g/mol. The Bertz CT molecular complexity index is 2420. The molecule has 6 rings (SSSR count). The molecule has 0 saturated carbocycles. The molecule has 0 aliphatic heterocycles. The number of hydrogen-bond acceptors (Lipinski definition) is 10. The van der Waals surface area contributed by atoms with Crippen LogP contribution in [0.15, 0.2) is 36.4 Å². The number of hydrogen-bond donors (Lipinski definition) is 4. The number of aryl methyl sites for hydroxylation is 6. The number of nitrogens with one attached hydrogen (secondary N) is 2. The van der Waals surface area contributed by atoms with E-state index < -0.39 is 23.6 Å². The zero-order valence-electron chi connectivity index (χ0n) is 30.2. The van der Waals surface area contributed by atoms with E-state index in [4.69, 9.17) is 20.9 Å². The third kappa shape index (κ3) is 6.97. The van der Waals surface area contributed by atoms with Crippen molar-refractivity contribution in [3.63, 3.8) is 0 Å². The first-order chi connectivity index (χ1) is 25.3. The quantitative estimate of drug-likeness (QED) is 0.120. The molecule has 4 aromatic heterocycles. The van der Waals surface area contributed by atoms with Crippen molar-refractivity contribution in [1.29, 1.82) is 0 Å². The first kappa shape index (κ1) is 36.1. The number of aromatic nitrogens is 8. The monoisotopic (exact) mass is 724 g/mol. The molecule has 6 aromatic rings. The fourth-order valence-electron chi connectivity index (χ4n) is 6.19. The Labute approximate surface area is 303 Å². The van der Waals surface area contributed by atoms with Crippen molar-refractivity contribution < 1.29 is 28.7 Å². The highest BCUT2D eigenvalue weighted by Crippen LogP contribution is 2.33. The summed E-state index contributed by atoms with van der Waals surface area (Å²) in [6.07, 6.45) is 0.380. The Balaban J connectivity index is 1.29. The number of rotatable bonds is 14. The Morgan fingerprint density at radius 2 is 1.25 bits per heavy atom. The summed E-state index contributed by atoms with van der Waals surface area (Å²) in [4.78, 5) is 60.3. The Morgan fingerprint density at radius 3 is 1.77 bits per heavy atom. The number of benzene rings is 2. The van der Waals surface area contributed by atoms with Crippen LogP contribution >= 0.6 is 0 Å². The van der Waals surface area contributed by atoms with Gasteiger partial charge in [0, 0.05) is 37.8 Å². The second kappa shape index (κ2) is 14.5. The van der Waals surface area contributed by atoms with Crippen LogP contribution in [0.25, 0.3) is 22.1 Å². The van der Waals surface area contributed by atoms with Crippen LogP contribution in [-0.4, -0.2) is 76.0 Å². The van der Waals surface area contributed by atoms with Gasteiger partial charge in [-0.05, 0) is 70.5 Å². The lowest BCUT2D eigenvalue weighted by molar-refractivity contribution is 0.0991. The number of methoxy groups -OCH3 is 1. The SMILES string of the molecule is CCn1nc(C)cc1C(=O)Nc1nc2cc(C(N)=O)cc(OCCCn3c(NC(=O)c4cc(C)nn4CC)nc4cc(C(N)=O)cc(OC)c43)c2n1C. The number of nitrogens with zero attached hydrogens (tertiary/aromatic N) is 8. The predicted octanol–water partition coefficient (Wildman–Crippen LogP) is 3.15. The number of primary amides is 2. The van der Waals surface area contributed by atoms with Crippen molar-refractivity contribution in [1.82, 2.24) is 38.7 Å². The summed E-state index contributed by atoms with van der Waals surface area (Å²) < 4.78 is 18.5. The maximum atomic E-state index is 13.5. The molecule has 53 heavy (non-hydrogen) atoms. The van der Waals surface area contributed by atoms with Gasteiger partial charge < -0.3 is 30.1 Å². The number of fused-ring (bicyclic) bond motifs is 2. The molecular formula is C35H40N12O6. The van der Waals surface area contributed by atoms with Gasteiger partial charge in [0.2, 0.25) is 23.7 Å². The van der Waals surface area contributed by atoms with Gasteiger partial charge in [-0.1, -0.05) is 0 Å². The third-order valence-electron chi connectivity index (χ3n) is 8.63. The fraction of sp³-hybridized carbons (Fsp3) is 0.314. The molecule has 0 saturated heterocycles. The summed E-state index contributed by atoms with van der Waals surface area (Å²) in [5, 5.41) is 14.4. The summed E-state index contributed by atoms with van der Waals surface area (Å²) in [6, 6.07) is 9.48. The molecule has 276 valence electrons. The van der Waals surface area contributed by atoms with Crippen LogP contribution in [0.5, 0.6) is 11.5 Å². The Kier molecular flexibility index (Phi) is 9.86. The van der Waals surface area contributed by atoms with Crippen LogP contribution in [0.4, 0.5) is 11.9 Å². The molecule has 4 amide bonds. The molecule has 0 atom stereocenters. The fourth-order valence-corrected chi connectivity index (χ4v) is 6.19. The van der Waals surface area contributed by atoms with Crippen LogP contribution in [0.1, 0.15) is 73.3 Å². The minimum Gasteiger partial charge on any atom is -0.494 e. The van der Waals surface area contributed by atoms with Crippen LogP contribution < -0.4 is 31.6 Å². The lowest BCUT2D eigenvalue weighted by atomic mass is 10.1. The van der Waals surface area contributed by atoms with Gasteiger partial charge in [0.1, 0.15) is 33.9 Å². The second-order valence-corrected chi connectivity index (χ2v) is 12.3. The van der Waals surface area contributed by atoms with Gasteiger partial charge in [-0.2, -0.15) is 10.2 Å². The largest absolute Gasteiger partial charge is 0.494 e. The number of anilines is 2. The summed E-state index contributed by atoms with van der Waals surface area (Å²) in [6.45, 7) is 8.78. The van der Waals surface area contributed by atoms with Gasteiger partial charge in [0.15, 0.2) is 0 Å². The number of imidazole rings is 2. The highest BCUT2D eigenvalue weighted by molar-refractivity contribution is 6.05. The number of amides is 4. The van der Waals surface area contributed by atoms with E-state index in [1.165, 1.54) is 31.4 Å². The highest BCUT2D eigenvalue weighted by atomic mass is 16.5. The maximum absolute atomic E-state index is 13.5. The van der Waals surface area contributed by atoms with Crippen LogP contribution in [-0.2, 0) is 26.7 Å². The summed E-state index contributed by atoms with van der Waals surface area (Å²) in [7, 11) is 3.18. The molecule has 0 spiro atoms. The zero-order valence-corrected chi connectivity index (χ0v) is 30.2. The summed E-state index contributed by atoms with van der Waals surface area (Å²) in [5.74, 6) is -1.08. The molecule has 6 N–H and O–H groups in total. The van der Waals surface area contributed by atoms with Gasteiger partial charge >= 0.3 is 0 Å². The van der Waals surface area contributed by atoms with Gasteiger partial charge in [0.25, 0.3) is 11.8 Å². The van der Waals surface area contributed by atoms with Gasteiger partial charge in [0.05, 0.1) is 36.1 Å². The number of nitrogens with two attached hydrogens (primary N) is 2. The molecule has 0 aliphatic carbocycles. The van der Waals surface area contributed by atoms with E-state index in [0.717, 1.165) is 0 Å². The lowest BCUT2D eigenvalue weighted by Crippen LogP contribution is -2.20. The van der Waals surface area contributed by atoms with Gasteiger partial charge in [-0.15, -0.1) is 0 Å². The Morgan fingerprint density at radius 1 is 0.736 bits per heavy atom. The van der Waals surface area contributed by atoms with Gasteiger partial charge in [-0.25, -0.2) is 9.97 Å². The molecule has 2 aromatic carbocycles. The summed E-state index contributed by atoms with van der Waals surface area (Å²) in [5.41, 5.74) is 15.5. The van der Waals surface area contributed by atoms with E-state index in [-0.39, 0.29) is 36.2 Å². The van der Waals surface area contributed by atoms with Crippen molar-refractivity contribution >= 4 is 57.6 Å². The number of carbonyl (C=O) groups is 4. The number of ether oxygens (including phenoxy) is 2. The second-order valence-electron chi connectivity index (χ2n) is 12.3. The van der Waals surface area contributed by atoms with Gasteiger partial charge in [-0.3, -0.25) is 39.2 Å². The van der Waals surface area contributed by atoms with E-state index >= 15 is 0 Å². The number of carbonyl (C=O) groups excluding carboxylic acids is 4. The van der Waals surface area contributed by atoms with Crippen LogP contribution in [0.2, 0.25) is 0 Å². The molecular weight excluding hydrogens is 684 g/mol. The first-order valence-corrected chi connectivity index (χ1v) is 16.9. The smallest absolute Gasteiger partial charge is 0.276 e. The van der Waals surface area contributed by atoms with Crippen molar-refractivity contribution in [2.45, 2.75) is 53.8 Å². The van der Waals surface area contributed by atoms with Crippen molar-refractivity contribution in [2.24, 2.45) is 18.5 Å². The Hall–Kier alpha value is -6.72. The first-order valence-electron chi connectivity index (χ1n) is 16.9. The standard InChI is InChI=1S/C35H40N12O6/c1-7-46-24(12-18(3)42-46)32(50)40-34-38-22-14-21(31(37)49)17-27(28(22)44(34)5)53-11-9-10-45-29-23(15-20(30(36)48)16-26(29)52-6)39-35(45)41-33(51)25-13-19(4)43-47(25)8-2/h12-17H,7-11H2,1-6H3,(H2,36,48)(H2,37,49)(H,38,40,50)(H,39,41,51). The maximum Gasteiger partial charge on any atom is 0.276 e. The third-order valence-corrected chi connectivity index (χ3v) is 8.63. The molecule has 18 heteroatoms. The van der Waals surface area contributed by atoms with Crippen LogP contribution in [0.3, 0.4) is 0 Å². The predicted molar refractivity (Wildman–Crippen MR) is 195 cm³/mol. The van der Waals surface area contributed by atoms with E-state index in [0.29, 0.717) is 75.9 Å². The summed E-state index contributed by atoms with van der Waals surface area (Å²) >= 11 is 0. The minimum absolute atomic E-state index is 0.135. The van der Waals surface area contributed by atoms with E-state index in [1.807, 2.05) is 13.8 Å². The average Bonchev–Trinajstić information content (AvgIpc) is 3.88. The molecule has 0 fully saturated rings. The normalized spacial score (nSPS) is 11.3. The highest BCUT2D eigenvalue weighted by Gasteiger charge is 2.23. The van der Waals surface area contributed by atoms with E-state index in [1.54, 1.807) is 51.5 Å². The van der Waals surface area contributed by atoms with Crippen molar-refractivity contribution in [3.05, 3.63) is 70.3 Å². The van der Waals surface area contributed by atoms with E-state index in [2.05, 4.69) is 30.8 Å². The van der Waals surface area contributed by atoms with Crippen molar-refractivity contribution in [3.8, 4) is 11.5 Å². The molecule has 4 heterocycles. The van der Waals surface area contributed by atoms with Crippen molar-refractivity contribution in [2.75, 3.05) is 24.4 Å². The molecule has 0 unspecified atom stereocenters. The lowest BCUT2D eigenvalue weighted by Gasteiger charge is -2.14. The topological polar surface area (TPSA) is 234 Å². The molecule has 18 nitrogen and oxygen atoms in total. The van der Waals surface area contributed by atoms with E-state index in [9.17, 15) is 19.2 Å². The molecule has 0 radical (unpaired) electrons. The van der Waals surface area contributed by atoms with Crippen LogP contribution in [0, 0.1) is 13.8 Å². The molecule has 0 bridgehead atoms. The zero-order chi connectivity index (χ0) is 38.1. The minimum atomic E-state index is -0.678. The molecule has 0 aliphatic rings.